The van der Waals surface area contributed by atoms with Gasteiger partial charge in [-0.1, -0.05) is 91.0 Å². The number of amides is 5. The molecule has 0 aliphatic rings. The van der Waals surface area contributed by atoms with E-state index in [4.69, 9.17) is 21.9 Å². The monoisotopic (exact) mass is 672 g/mol. The summed E-state index contributed by atoms with van der Waals surface area (Å²) in [6.45, 7) is 5.10. The van der Waals surface area contributed by atoms with Gasteiger partial charge in [0.15, 0.2) is 0 Å². The molecule has 9 N–H and O–H groups in total. The number of hydrogen-bond acceptors (Lipinski definition) is 8. The van der Waals surface area contributed by atoms with Crippen molar-refractivity contribution in [2.45, 2.75) is 75.7 Å². The molecule has 0 aliphatic heterocycles. The molecule has 13 nitrogen and oxygen atoms in total. The number of ether oxygens (including phenoxy) is 1. The fourth-order valence-corrected chi connectivity index (χ4v) is 5.21. The minimum atomic E-state index is -1.59. The van der Waals surface area contributed by atoms with E-state index in [1.54, 1.807) is 20.8 Å². The maximum atomic E-state index is 14.1. The van der Waals surface area contributed by atoms with Gasteiger partial charge in [-0.15, -0.1) is 0 Å². The third-order valence-corrected chi connectivity index (χ3v) is 7.45. The molecule has 0 aliphatic carbocycles. The second-order valence-corrected chi connectivity index (χ2v) is 12.5. The molecule has 3 rings (SSSR count). The number of benzene rings is 3. The number of hydrogen-bond donors (Lipinski definition) is 6. The van der Waals surface area contributed by atoms with Crippen LogP contribution in [0.3, 0.4) is 0 Å². The van der Waals surface area contributed by atoms with Gasteiger partial charge in [-0.3, -0.25) is 28.8 Å². The van der Waals surface area contributed by atoms with Crippen molar-refractivity contribution in [2.24, 2.45) is 17.2 Å². The molecule has 5 amide bonds. The highest BCUT2D eigenvalue weighted by Crippen LogP contribution is 2.37. The molecule has 0 heterocycles. The fourth-order valence-electron chi connectivity index (χ4n) is 5.21. The van der Waals surface area contributed by atoms with E-state index < -0.39 is 77.6 Å². The molecule has 3 atom stereocenters. The van der Waals surface area contributed by atoms with Crippen LogP contribution >= 0.6 is 0 Å². The molecular weight excluding hydrogens is 628 g/mol. The average molecular weight is 673 g/mol. The van der Waals surface area contributed by atoms with Gasteiger partial charge in [0.25, 0.3) is 0 Å². The van der Waals surface area contributed by atoms with Gasteiger partial charge in [-0.05, 0) is 43.9 Å². The summed E-state index contributed by atoms with van der Waals surface area (Å²) >= 11 is 0. The summed E-state index contributed by atoms with van der Waals surface area (Å²) in [5.74, 6) is -5.03. The highest BCUT2D eigenvalue weighted by atomic mass is 16.6. The minimum absolute atomic E-state index is 0.119. The van der Waals surface area contributed by atoms with E-state index in [-0.39, 0.29) is 12.8 Å². The van der Waals surface area contributed by atoms with Crippen molar-refractivity contribution in [1.29, 1.82) is 0 Å². The molecule has 3 aromatic carbocycles. The number of primary amides is 2. The molecule has 13 heteroatoms. The van der Waals surface area contributed by atoms with Gasteiger partial charge in [-0.2, -0.15) is 0 Å². The summed E-state index contributed by atoms with van der Waals surface area (Å²) in [7, 11) is 0. The lowest BCUT2D eigenvalue weighted by Gasteiger charge is -2.37. The lowest BCUT2D eigenvalue weighted by molar-refractivity contribution is -0.155. The van der Waals surface area contributed by atoms with E-state index in [1.165, 1.54) is 0 Å². The topological polar surface area (TPSA) is 226 Å². The fraction of sp³-hybridized carbons (Fsp3) is 0.333. The molecule has 260 valence electrons. The Bertz CT molecular complexity index is 1510. The molecule has 0 saturated heterocycles. The first kappa shape index (κ1) is 37.9. The lowest BCUT2D eigenvalue weighted by atomic mass is 9.77. The van der Waals surface area contributed by atoms with Gasteiger partial charge in [-0.25, -0.2) is 0 Å². The second-order valence-electron chi connectivity index (χ2n) is 12.5. The molecule has 0 unspecified atom stereocenters. The normalized spacial score (nSPS) is 13.2. The van der Waals surface area contributed by atoms with Crippen LogP contribution < -0.4 is 33.2 Å². The first-order chi connectivity index (χ1) is 23.1. The summed E-state index contributed by atoms with van der Waals surface area (Å²) in [5, 5.41) is 7.88. The van der Waals surface area contributed by atoms with E-state index in [0.29, 0.717) is 16.7 Å². The highest BCUT2D eigenvalue weighted by molar-refractivity contribution is 5.97. The van der Waals surface area contributed by atoms with Gasteiger partial charge in [0.1, 0.15) is 23.2 Å². The number of rotatable bonds is 16. The highest BCUT2D eigenvalue weighted by Gasteiger charge is 2.39. The van der Waals surface area contributed by atoms with E-state index in [1.807, 2.05) is 91.0 Å². The van der Waals surface area contributed by atoms with Crippen LogP contribution in [0.2, 0.25) is 0 Å². The largest absolute Gasteiger partial charge is 0.460 e. The maximum absolute atomic E-state index is 14.1. The first-order valence-corrected chi connectivity index (χ1v) is 15.8. The molecule has 0 saturated carbocycles. The van der Waals surface area contributed by atoms with E-state index in [0.717, 1.165) is 0 Å². The average Bonchev–Trinajstić information content (AvgIpc) is 3.05. The summed E-state index contributed by atoms with van der Waals surface area (Å²) in [6.07, 6.45) is -1.53. The van der Waals surface area contributed by atoms with E-state index in [2.05, 4.69) is 16.0 Å². The molecule has 3 aromatic rings. The van der Waals surface area contributed by atoms with Crippen molar-refractivity contribution in [3.8, 4) is 0 Å². The van der Waals surface area contributed by atoms with Crippen LogP contribution in [-0.2, 0) is 39.0 Å². The quantitative estimate of drug-likeness (QED) is 0.0957. The number of nitrogens with two attached hydrogens (primary N) is 3. The summed E-state index contributed by atoms with van der Waals surface area (Å²) < 4.78 is 5.27. The van der Waals surface area contributed by atoms with Crippen molar-refractivity contribution in [3.05, 3.63) is 108 Å². The molecule has 0 fully saturated rings. The van der Waals surface area contributed by atoms with Gasteiger partial charge in [0.2, 0.25) is 29.5 Å². The van der Waals surface area contributed by atoms with Crippen LogP contribution in [0.5, 0.6) is 0 Å². The third kappa shape index (κ3) is 11.0. The predicted molar refractivity (Wildman–Crippen MR) is 182 cm³/mol. The molecule has 0 bridgehead atoms. The van der Waals surface area contributed by atoms with Crippen molar-refractivity contribution in [1.82, 2.24) is 16.0 Å². The van der Waals surface area contributed by atoms with Crippen molar-refractivity contribution >= 4 is 35.5 Å². The zero-order valence-corrected chi connectivity index (χ0v) is 27.8. The number of nitrogens with one attached hydrogen (secondary N) is 3. The van der Waals surface area contributed by atoms with Crippen LogP contribution in [0.15, 0.2) is 91.0 Å². The Morgan fingerprint density at radius 3 is 1.53 bits per heavy atom. The Kier molecular flexibility index (Phi) is 13.2. The number of esters is 1. The van der Waals surface area contributed by atoms with Crippen LogP contribution in [0, 0.1) is 0 Å². The molecular formula is C36H44N6O7. The zero-order chi connectivity index (χ0) is 36.2. The molecule has 0 radical (unpaired) electrons. The summed E-state index contributed by atoms with van der Waals surface area (Å²) in [6, 6.07) is 23.3. The van der Waals surface area contributed by atoms with Crippen LogP contribution in [0.25, 0.3) is 0 Å². The van der Waals surface area contributed by atoms with E-state index >= 15 is 0 Å². The number of carbonyl (C=O) groups excluding carboxylic acids is 6. The Labute approximate surface area is 285 Å². The van der Waals surface area contributed by atoms with Crippen LogP contribution in [-0.4, -0.2) is 59.2 Å². The van der Waals surface area contributed by atoms with Crippen LogP contribution in [0.1, 0.15) is 63.1 Å². The standard InChI is InChI=1S/C36H44N6O7/c1-35(2,3)49-31(45)20-19-26(37)33(47)41-28(34(48)40-27(32(39)46)21-29(38)43)22-30(44)42-36(23-13-7-4-8-14-23,24-15-9-5-10-16-24)25-17-11-6-12-18-25/h4-18,26-28H,19-22,37H2,1-3H3,(H2,38,43)(H2,39,46)(H,40,48)(H,41,47)(H,42,44)/t26-,27-,28-/m0/s1. The van der Waals surface area contributed by atoms with Crippen LogP contribution in [0.4, 0.5) is 0 Å². The van der Waals surface area contributed by atoms with Crippen molar-refractivity contribution in [2.75, 3.05) is 0 Å². The van der Waals surface area contributed by atoms with Gasteiger partial charge in [0.05, 0.1) is 18.9 Å². The zero-order valence-electron chi connectivity index (χ0n) is 27.8. The van der Waals surface area contributed by atoms with Gasteiger partial charge >= 0.3 is 5.97 Å². The lowest BCUT2D eigenvalue weighted by Crippen LogP contribution is -2.57. The Morgan fingerprint density at radius 1 is 0.673 bits per heavy atom. The summed E-state index contributed by atoms with van der Waals surface area (Å²) in [4.78, 5) is 76.7. The molecule has 49 heavy (non-hydrogen) atoms. The Hall–Kier alpha value is -5.56. The molecule has 0 spiro atoms. The van der Waals surface area contributed by atoms with Gasteiger partial charge < -0.3 is 37.9 Å². The van der Waals surface area contributed by atoms with Crippen molar-refractivity contribution < 1.29 is 33.5 Å². The third-order valence-electron chi connectivity index (χ3n) is 7.45. The van der Waals surface area contributed by atoms with Crippen molar-refractivity contribution in [3.63, 3.8) is 0 Å². The SMILES string of the molecule is CC(C)(C)OC(=O)CC[C@H](N)C(=O)N[C@@H](CC(=O)NC(c1ccccc1)(c1ccccc1)c1ccccc1)C(=O)N[C@@H](CC(N)=O)C(N)=O. The summed E-state index contributed by atoms with van der Waals surface area (Å²) in [5.41, 5.74) is 16.8. The second kappa shape index (κ2) is 17.0. The van der Waals surface area contributed by atoms with E-state index in [9.17, 15) is 28.8 Å². The molecule has 0 aromatic heterocycles. The Balaban J connectivity index is 1.96. The minimum Gasteiger partial charge on any atom is -0.460 e. The smallest absolute Gasteiger partial charge is 0.306 e. The number of carbonyl (C=O) groups is 6. The van der Waals surface area contributed by atoms with Gasteiger partial charge in [0, 0.05) is 6.42 Å². The Morgan fingerprint density at radius 2 is 1.12 bits per heavy atom. The maximum Gasteiger partial charge on any atom is 0.306 e. The predicted octanol–water partition coefficient (Wildman–Crippen LogP) is 1.26. The first-order valence-electron chi connectivity index (χ1n) is 15.8.